The van der Waals surface area contributed by atoms with Crippen LogP contribution < -0.4 is 5.73 Å². The van der Waals surface area contributed by atoms with Gasteiger partial charge in [-0.05, 0) is 31.9 Å². The van der Waals surface area contributed by atoms with Gasteiger partial charge in [0.1, 0.15) is 0 Å². The Bertz CT molecular complexity index is 421. The molecule has 0 aliphatic rings. The first-order valence-corrected chi connectivity index (χ1v) is 6.57. The first-order chi connectivity index (χ1) is 9.01. The number of amides is 1. The van der Waals surface area contributed by atoms with Gasteiger partial charge >= 0.3 is 0 Å². The van der Waals surface area contributed by atoms with Gasteiger partial charge in [0.15, 0.2) is 0 Å². The molecule has 4 nitrogen and oxygen atoms in total. The van der Waals surface area contributed by atoms with Crippen LogP contribution in [0.4, 0.5) is 0 Å². The van der Waals surface area contributed by atoms with Gasteiger partial charge in [-0.2, -0.15) is 0 Å². The maximum Gasteiger partial charge on any atom is 0.254 e. The summed E-state index contributed by atoms with van der Waals surface area (Å²) in [6, 6.07) is 4.08. The van der Waals surface area contributed by atoms with Crippen molar-refractivity contribution in [3.63, 3.8) is 0 Å². The lowest BCUT2D eigenvalue weighted by molar-refractivity contribution is 0.0700. The molecule has 1 amide bonds. The van der Waals surface area contributed by atoms with E-state index in [-0.39, 0.29) is 5.91 Å². The standard InChI is InChI=1S/C15H24N2O2/c1-11-9-12(2)14(13(3)10-11)15(18)17(6-5-16)7-8-19-4/h9-10H,5-8,16H2,1-4H3. The summed E-state index contributed by atoms with van der Waals surface area (Å²) in [5, 5.41) is 0. The average molecular weight is 264 g/mol. The SMILES string of the molecule is COCCN(CCN)C(=O)c1c(C)cc(C)cc1C. The van der Waals surface area contributed by atoms with Crippen molar-refractivity contribution in [2.45, 2.75) is 20.8 Å². The van der Waals surface area contributed by atoms with Crippen LogP contribution in [0.2, 0.25) is 0 Å². The molecule has 0 fully saturated rings. The summed E-state index contributed by atoms with van der Waals surface area (Å²) in [6.45, 7) is 8.09. The summed E-state index contributed by atoms with van der Waals surface area (Å²) < 4.78 is 5.05. The Hall–Kier alpha value is -1.39. The molecule has 0 radical (unpaired) electrons. The van der Waals surface area contributed by atoms with Crippen molar-refractivity contribution in [1.29, 1.82) is 0 Å². The van der Waals surface area contributed by atoms with E-state index in [0.717, 1.165) is 16.7 Å². The molecular weight excluding hydrogens is 240 g/mol. The number of hydrogen-bond acceptors (Lipinski definition) is 3. The number of hydrogen-bond donors (Lipinski definition) is 1. The van der Waals surface area contributed by atoms with Gasteiger partial charge in [0.05, 0.1) is 6.61 Å². The van der Waals surface area contributed by atoms with Crippen LogP contribution in [0.5, 0.6) is 0 Å². The highest BCUT2D eigenvalue weighted by Crippen LogP contribution is 2.18. The summed E-state index contributed by atoms with van der Waals surface area (Å²) >= 11 is 0. The minimum absolute atomic E-state index is 0.0394. The maximum atomic E-state index is 12.6. The van der Waals surface area contributed by atoms with Gasteiger partial charge < -0.3 is 15.4 Å². The zero-order valence-corrected chi connectivity index (χ0v) is 12.3. The minimum Gasteiger partial charge on any atom is -0.383 e. The van der Waals surface area contributed by atoms with Gasteiger partial charge in [-0.15, -0.1) is 0 Å². The van der Waals surface area contributed by atoms with Crippen molar-refractivity contribution in [2.24, 2.45) is 5.73 Å². The molecule has 2 N–H and O–H groups in total. The molecule has 0 bridgehead atoms. The summed E-state index contributed by atoms with van der Waals surface area (Å²) in [7, 11) is 1.63. The molecule has 1 aromatic carbocycles. The Labute approximate surface area is 115 Å². The Balaban J connectivity index is 3.02. The highest BCUT2D eigenvalue weighted by molar-refractivity contribution is 5.97. The van der Waals surface area contributed by atoms with Gasteiger partial charge in [-0.3, -0.25) is 4.79 Å². The van der Waals surface area contributed by atoms with Crippen molar-refractivity contribution in [1.82, 2.24) is 4.90 Å². The first kappa shape index (κ1) is 15.7. The molecule has 0 aliphatic carbocycles. The van der Waals surface area contributed by atoms with Gasteiger partial charge in [0, 0.05) is 32.3 Å². The van der Waals surface area contributed by atoms with E-state index in [1.54, 1.807) is 12.0 Å². The van der Waals surface area contributed by atoms with Gasteiger partial charge in [-0.1, -0.05) is 17.7 Å². The van der Waals surface area contributed by atoms with Crippen LogP contribution in [-0.2, 0) is 4.74 Å². The third-order valence-corrected chi connectivity index (χ3v) is 3.14. The van der Waals surface area contributed by atoms with E-state index in [4.69, 9.17) is 10.5 Å². The van der Waals surface area contributed by atoms with Crippen molar-refractivity contribution in [3.8, 4) is 0 Å². The molecule has 1 rings (SSSR count). The smallest absolute Gasteiger partial charge is 0.254 e. The molecule has 0 aliphatic heterocycles. The summed E-state index contributed by atoms with van der Waals surface area (Å²) in [5.41, 5.74) is 9.58. The monoisotopic (exact) mass is 264 g/mol. The van der Waals surface area contributed by atoms with Crippen molar-refractivity contribution < 1.29 is 9.53 Å². The molecule has 19 heavy (non-hydrogen) atoms. The largest absolute Gasteiger partial charge is 0.383 e. The van der Waals surface area contributed by atoms with Crippen molar-refractivity contribution >= 4 is 5.91 Å². The van der Waals surface area contributed by atoms with Crippen LogP contribution in [0.1, 0.15) is 27.0 Å². The van der Waals surface area contributed by atoms with E-state index in [2.05, 4.69) is 0 Å². The number of nitrogens with zero attached hydrogens (tertiary/aromatic N) is 1. The van der Waals surface area contributed by atoms with E-state index in [1.165, 1.54) is 5.56 Å². The van der Waals surface area contributed by atoms with E-state index < -0.39 is 0 Å². The van der Waals surface area contributed by atoms with Crippen LogP contribution in [0.25, 0.3) is 0 Å². The summed E-state index contributed by atoms with van der Waals surface area (Å²) in [4.78, 5) is 14.4. The fraction of sp³-hybridized carbons (Fsp3) is 0.533. The van der Waals surface area contributed by atoms with Crippen molar-refractivity contribution in [3.05, 3.63) is 34.4 Å². The molecule has 0 atom stereocenters. The minimum atomic E-state index is 0.0394. The normalized spacial score (nSPS) is 10.6. The molecule has 4 heteroatoms. The maximum absolute atomic E-state index is 12.6. The number of carbonyl (C=O) groups excluding carboxylic acids is 1. The summed E-state index contributed by atoms with van der Waals surface area (Å²) in [5.74, 6) is 0.0394. The highest BCUT2D eigenvalue weighted by Gasteiger charge is 2.19. The van der Waals surface area contributed by atoms with Crippen LogP contribution >= 0.6 is 0 Å². The second-order valence-electron chi connectivity index (χ2n) is 4.85. The van der Waals surface area contributed by atoms with Crippen LogP contribution in [0.3, 0.4) is 0 Å². The third-order valence-electron chi connectivity index (χ3n) is 3.14. The van der Waals surface area contributed by atoms with Gasteiger partial charge in [0.2, 0.25) is 0 Å². The number of rotatable bonds is 6. The van der Waals surface area contributed by atoms with E-state index in [0.29, 0.717) is 26.2 Å². The predicted octanol–water partition coefficient (Wildman–Crippen LogP) is 1.66. The lowest BCUT2D eigenvalue weighted by Gasteiger charge is -2.23. The number of methoxy groups -OCH3 is 1. The Morgan fingerprint density at radius 3 is 2.26 bits per heavy atom. The number of benzene rings is 1. The molecule has 0 unspecified atom stereocenters. The van der Waals surface area contributed by atoms with E-state index in [9.17, 15) is 4.79 Å². The van der Waals surface area contributed by atoms with Gasteiger partial charge in [-0.25, -0.2) is 0 Å². The lowest BCUT2D eigenvalue weighted by atomic mass is 9.98. The molecule has 106 valence electrons. The first-order valence-electron chi connectivity index (χ1n) is 6.57. The van der Waals surface area contributed by atoms with E-state index >= 15 is 0 Å². The zero-order chi connectivity index (χ0) is 14.4. The number of carbonyl (C=O) groups is 1. The Morgan fingerprint density at radius 1 is 1.21 bits per heavy atom. The van der Waals surface area contributed by atoms with Gasteiger partial charge in [0.25, 0.3) is 5.91 Å². The average Bonchev–Trinajstić information content (AvgIpc) is 2.33. The summed E-state index contributed by atoms with van der Waals surface area (Å²) in [6.07, 6.45) is 0. The fourth-order valence-corrected chi connectivity index (χ4v) is 2.35. The van der Waals surface area contributed by atoms with Crippen LogP contribution in [0.15, 0.2) is 12.1 Å². The Morgan fingerprint density at radius 2 is 1.79 bits per heavy atom. The molecule has 0 saturated heterocycles. The molecule has 0 heterocycles. The molecular formula is C15H24N2O2. The molecule has 0 saturated carbocycles. The predicted molar refractivity (Wildman–Crippen MR) is 77.5 cm³/mol. The topological polar surface area (TPSA) is 55.6 Å². The third kappa shape index (κ3) is 4.04. The fourth-order valence-electron chi connectivity index (χ4n) is 2.35. The number of ether oxygens (including phenoxy) is 1. The van der Waals surface area contributed by atoms with E-state index in [1.807, 2.05) is 32.9 Å². The number of aryl methyl sites for hydroxylation is 3. The second kappa shape index (κ2) is 7.26. The Kier molecular flexibility index (Phi) is 5.99. The highest BCUT2D eigenvalue weighted by atomic mass is 16.5. The molecule has 0 spiro atoms. The molecule has 0 aromatic heterocycles. The zero-order valence-electron chi connectivity index (χ0n) is 12.3. The van der Waals surface area contributed by atoms with Crippen LogP contribution in [0, 0.1) is 20.8 Å². The second-order valence-corrected chi connectivity index (χ2v) is 4.85. The van der Waals surface area contributed by atoms with Crippen LogP contribution in [-0.4, -0.2) is 44.2 Å². The van der Waals surface area contributed by atoms with Crippen molar-refractivity contribution in [2.75, 3.05) is 33.4 Å². The quantitative estimate of drug-likeness (QED) is 0.850. The molecule has 1 aromatic rings. The number of nitrogens with two attached hydrogens (primary N) is 1. The lowest BCUT2D eigenvalue weighted by Crippen LogP contribution is -2.38.